The molecule has 0 saturated heterocycles. The van der Waals surface area contributed by atoms with Crippen LogP contribution in [0.2, 0.25) is 0 Å². The van der Waals surface area contributed by atoms with Gasteiger partial charge in [0.25, 0.3) is 0 Å². The van der Waals surface area contributed by atoms with E-state index in [0.29, 0.717) is 23.2 Å². The van der Waals surface area contributed by atoms with Gasteiger partial charge in [-0.15, -0.1) is 5.10 Å². The van der Waals surface area contributed by atoms with E-state index in [1.165, 1.54) is 23.9 Å². The van der Waals surface area contributed by atoms with Gasteiger partial charge >= 0.3 is 0 Å². The molecule has 28 heavy (non-hydrogen) atoms. The minimum absolute atomic E-state index is 0.284. The van der Waals surface area contributed by atoms with Crippen molar-refractivity contribution in [2.75, 3.05) is 0 Å². The number of oxazole rings is 1. The van der Waals surface area contributed by atoms with Gasteiger partial charge in [-0.1, -0.05) is 23.9 Å². The van der Waals surface area contributed by atoms with Crippen LogP contribution in [0.4, 0.5) is 4.39 Å². The van der Waals surface area contributed by atoms with E-state index in [4.69, 9.17) is 9.40 Å². The molecule has 0 saturated carbocycles. The van der Waals surface area contributed by atoms with E-state index in [1.54, 1.807) is 22.8 Å². The molecule has 0 atom stereocenters. The van der Waals surface area contributed by atoms with E-state index in [-0.39, 0.29) is 5.82 Å². The zero-order valence-corrected chi connectivity index (χ0v) is 15.7. The summed E-state index contributed by atoms with van der Waals surface area (Å²) in [7, 11) is 0. The molecule has 0 N–H and O–H groups in total. The predicted molar refractivity (Wildman–Crippen MR) is 104 cm³/mol. The Kier molecular flexibility index (Phi) is 4.05. The fourth-order valence-electron chi connectivity index (χ4n) is 2.98. The first kappa shape index (κ1) is 16.9. The highest BCUT2D eigenvalue weighted by atomic mass is 32.2. The second-order valence-corrected chi connectivity index (χ2v) is 7.16. The molecule has 3 aromatic heterocycles. The number of fused-ring (bicyclic) bond motifs is 3. The standard InChI is InChI=1S/C20H14FN5OS/c1-12-23-19-15-4-2-3-5-16(15)24-20(26(19)25-12)28-11-18-22-10-17(27-18)13-6-8-14(21)9-7-13/h2-10H,11H2,1H3. The van der Waals surface area contributed by atoms with Crippen molar-refractivity contribution < 1.29 is 8.81 Å². The molecule has 0 aliphatic carbocycles. The molecule has 0 fully saturated rings. The molecule has 5 rings (SSSR count). The third kappa shape index (κ3) is 3.01. The molecule has 5 aromatic rings. The fraction of sp³-hybridized carbons (Fsp3) is 0.100. The molecule has 138 valence electrons. The van der Waals surface area contributed by atoms with Gasteiger partial charge in [-0.3, -0.25) is 0 Å². The van der Waals surface area contributed by atoms with Crippen LogP contribution in [0.1, 0.15) is 11.7 Å². The normalized spacial score (nSPS) is 11.5. The minimum atomic E-state index is -0.284. The number of halogens is 1. The SMILES string of the molecule is Cc1nc2c3ccccc3nc(SCc3ncc(-c4ccc(F)cc4)o3)n2n1. The van der Waals surface area contributed by atoms with Gasteiger partial charge in [-0.2, -0.15) is 4.52 Å². The summed E-state index contributed by atoms with van der Waals surface area (Å²) in [5, 5.41) is 6.15. The summed E-state index contributed by atoms with van der Waals surface area (Å²) in [6, 6.07) is 14.0. The van der Waals surface area contributed by atoms with Crippen LogP contribution in [0, 0.1) is 12.7 Å². The van der Waals surface area contributed by atoms with Gasteiger partial charge in [-0.25, -0.2) is 19.3 Å². The van der Waals surface area contributed by atoms with E-state index in [0.717, 1.165) is 27.3 Å². The Bertz CT molecular complexity index is 1300. The first-order valence-electron chi connectivity index (χ1n) is 8.63. The molecule has 0 bridgehead atoms. The molecule has 0 unspecified atom stereocenters. The summed E-state index contributed by atoms with van der Waals surface area (Å²) in [6.07, 6.45) is 1.64. The highest BCUT2D eigenvalue weighted by Gasteiger charge is 2.14. The molecule has 3 heterocycles. The number of hydrogen-bond acceptors (Lipinski definition) is 6. The maximum absolute atomic E-state index is 13.1. The largest absolute Gasteiger partial charge is 0.440 e. The lowest BCUT2D eigenvalue weighted by Gasteiger charge is -2.05. The van der Waals surface area contributed by atoms with E-state index in [9.17, 15) is 4.39 Å². The van der Waals surface area contributed by atoms with Crippen molar-refractivity contribution in [2.24, 2.45) is 0 Å². The molecule has 8 heteroatoms. The van der Waals surface area contributed by atoms with Crippen molar-refractivity contribution in [3.63, 3.8) is 0 Å². The Morgan fingerprint density at radius 2 is 1.89 bits per heavy atom. The smallest absolute Gasteiger partial charge is 0.205 e. The van der Waals surface area contributed by atoms with Gasteiger partial charge in [0.05, 0.1) is 17.5 Å². The molecule has 6 nitrogen and oxygen atoms in total. The fourth-order valence-corrected chi connectivity index (χ4v) is 3.78. The van der Waals surface area contributed by atoms with Crippen molar-refractivity contribution in [3.05, 3.63) is 72.3 Å². The molecule has 2 aromatic carbocycles. The van der Waals surface area contributed by atoms with Crippen molar-refractivity contribution in [2.45, 2.75) is 17.8 Å². The number of hydrogen-bond donors (Lipinski definition) is 0. The number of benzene rings is 2. The van der Waals surface area contributed by atoms with Gasteiger partial charge in [0.15, 0.2) is 16.6 Å². The molecule has 0 spiro atoms. The van der Waals surface area contributed by atoms with Crippen LogP contribution in [0.3, 0.4) is 0 Å². The first-order valence-corrected chi connectivity index (χ1v) is 9.61. The number of para-hydroxylation sites is 1. The zero-order chi connectivity index (χ0) is 19.1. The van der Waals surface area contributed by atoms with Crippen molar-refractivity contribution in [3.8, 4) is 11.3 Å². The van der Waals surface area contributed by atoms with Crippen LogP contribution in [-0.4, -0.2) is 24.6 Å². The second kappa shape index (κ2) is 6.72. The Labute approximate surface area is 163 Å². The van der Waals surface area contributed by atoms with Crippen molar-refractivity contribution in [1.29, 1.82) is 0 Å². The number of aryl methyl sites for hydroxylation is 1. The summed E-state index contributed by atoms with van der Waals surface area (Å²) in [6.45, 7) is 1.86. The lowest BCUT2D eigenvalue weighted by Crippen LogP contribution is -1.98. The van der Waals surface area contributed by atoms with Crippen molar-refractivity contribution >= 4 is 28.3 Å². The highest BCUT2D eigenvalue weighted by molar-refractivity contribution is 7.98. The van der Waals surface area contributed by atoms with E-state index >= 15 is 0 Å². The number of aromatic nitrogens is 5. The lowest BCUT2D eigenvalue weighted by molar-refractivity contribution is 0.529. The average molecular weight is 391 g/mol. The van der Waals surface area contributed by atoms with Gasteiger partial charge in [0, 0.05) is 10.9 Å². The Morgan fingerprint density at radius 3 is 2.75 bits per heavy atom. The van der Waals surface area contributed by atoms with Crippen molar-refractivity contribution in [1.82, 2.24) is 24.6 Å². The maximum Gasteiger partial charge on any atom is 0.205 e. The summed E-state index contributed by atoms with van der Waals surface area (Å²) < 4.78 is 20.7. The average Bonchev–Trinajstić information content (AvgIpc) is 3.33. The van der Waals surface area contributed by atoms with E-state index in [1.807, 2.05) is 31.2 Å². The lowest BCUT2D eigenvalue weighted by atomic mass is 10.2. The van der Waals surface area contributed by atoms with Crippen LogP contribution in [-0.2, 0) is 5.75 Å². The van der Waals surface area contributed by atoms with Gasteiger partial charge in [0.1, 0.15) is 11.6 Å². The van der Waals surface area contributed by atoms with Gasteiger partial charge in [-0.05, 0) is 43.3 Å². The maximum atomic E-state index is 13.1. The minimum Gasteiger partial charge on any atom is -0.440 e. The topological polar surface area (TPSA) is 69.1 Å². The van der Waals surface area contributed by atoms with Crippen LogP contribution in [0.5, 0.6) is 0 Å². The van der Waals surface area contributed by atoms with E-state index < -0.39 is 0 Å². The Balaban J connectivity index is 1.45. The number of nitrogens with zero attached hydrogens (tertiary/aromatic N) is 5. The second-order valence-electron chi connectivity index (χ2n) is 6.22. The van der Waals surface area contributed by atoms with Crippen LogP contribution in [0.25, 0.3) is 27.9 Å². The summed E-state index contributed by atoms with van der Waals surface area (Å²) in [4.78, 5) is 13.6. The van der Waals surface area contributed by atoms with Crippen LogP contribution >= 0.6 is 11.8 Å². The summed E-state index contributed by atoms with van der Waals surface area (Å²) in [5.41, 5.74) is 2.43. The first-order chi connectivity index (χ1) is 13.7. The van der Waals surface area contributed by atoms with Gasteiger partial charge < -0.3 is 4.42 Å². The molecule has 0 aliphatic heterocycles. The van der Waals surface area contributed by atoms with Crippen LogP contribution in [0.15, 0.2) is 64.3 Å². The molecule has 0 radical (unpaired) electrons. The van der Waals surface area contributed by atoms with Crippen LogP contribution < -0.4 is 0 Å². The quantitative estimate of drug-likeness (QED) is 0.327. The number of rotatable bonds is 4. The summed E-state index contributed by atoms with van der Waals surface area (Å²) >= 11 is 1.48. The van der Waals surface area contributed by atoms with Gasteiger partial charge in [0.2, 0.25) is 5.89 Å². The molecular formula is C20H14FN5OS. The molecular weight excluding hydrogens is 377 g/mol. The predicted octanol–water partition coefficient (Wildman–Crippen LogP) is 4.67. The number of thioether (sulfide) groups is 1. The highest BCUT2D eigenvalue weighted by Crippen LogP contribution is 2.28. The Hall–Kier alpha value is -3.26. The molecule has 0 amide bonds. The summed E-state index contributed by atoms with van der Waals surface area (Å²) in [5.74, 6) is 2.05. The molecule has 0 aliphatic rings. The Morgan fingerprint density at radius 1 is 1.07 bits per heavy atom. The third-order valence-corrected chi connectivity index (χ3v) is 5.18. The zero-order valence-electron chi connectivity index (χ0n) is 14.8. The third-order valence-electron chi connectivity index (χ3n) is 4.26. The van der Waals surface area contributed by atoms with E-state index in [2.05, 4.69) is 15.1 Å². The monoisotopic (exact) mass is 391 g/mol.